The van der Waals surface area contributed by atoms with Crippen LogP contribution in [0, 0.1) is 0 Å². The molecule has 1 aromatic heterocycles. The first-order valence-electron chi connectivity index (χ1n) is 12.5. The van der Waals surface area contributed by atoms with Gasteiger partial charge in [-0.05, 0) is 46.7 Å². The van der Waals surface area contributed by atoms with E-state index < -0.39 is 17.5 Å². The first kappa shape index (κ1) is 23.9. The average Bonchev–Trinajstić information content (AvgIpc) is 3.70. The number of carbonyl (C=O) groups is 2. The monoisotopic (exact) mass is 519 g/mol. The molecule has 6 rings (SSSR count). The summed E-state index contributed by atoms with van der Waals surface area (Å²) in [4.78, 5) is 25.3. The Labute approximate surface area is 224 Å². The summed E-state index contributed by atoms with van der Waals surface area (Å²) in [5.74, 6) is -0.744. The Bertz CT molecular complexity index is 1620. The average molecular weight is 520 g/mol. The molecule has 1 amide bonds. The fourth-order valence-corrected chi connectivity index (χ4v) is 5.94. The van der Waals surface area contributed by atoms with Crippen molar-refractivity contribution in [2.45, 2.75) is 24.9 Å². The number of amides is 1. The number of ether oxygens (including phenoxy) is 1. The number of anilines is 1. The van der Waals surface area contributed by atoms with Crippen LogP contribution in [0.1, 0.15) is 24.0 Å². The fraction of sp³-hybridized carbons (Fsp3) is 0.125. The molecule has 0 bridgehead atoms. The van der Waals surface area contributed by atoms with E-state index in [1.54, 1.807) is 11.3 Å². The number of thiophene rings is 1. The second-order valence-corrected chi connectivity index (χ2v) is 10.6. The van der Waals surface area contributed by atoms with Gasteiger partial charge in [0, 0.05) is 10.1 Å². The number of carboxylic acid groups (broad SMARTS) is 1. The lowest BCUT2D eigenvalue weighted by atomic mass is 9.93. The third kappa shape index (κ3) is 4.55. The van der Waals surface area contributed by atoms with Crippen LogP contribution < -0.4 is 5.32 Å². The van der Waals surface area contributed by atoms with E-state index in [-0.39, 0.29) is 6.61 Å². The largest absolute Gasteiger partial charge is 0.481 e. The van der Waals surface area contributed by atoms with E-state index in [0.29, 0.717) is 12.8 Å². The van der Waals surface area contributed by atoms with Crippen molar-refractivity contribution in [1.29, 1.82) is 0 Å². The molecule has 0 unspecified atom stereocenters. The number of carbonyl (C=O) groups excluding carboxylic acids is 1. The lowest BCUT2D eigenvalue weighted by Crippen LogP contribution is -2.19. The highest BCUT2D eigenvalue weighted by atomic mass is 32.1. The van der Waals surface area contributed by atoms with Gasteiger partial charge in [0.2, 0.25) is 0 Å². The molecule has 0 spiro atoms. The molecule has 0 saturated heterocycles. The van der Waals surface area contributed by atoms with Gasteiger partial charge in [0.15, 0.2) is 0 Å². The summed E-state index contributed by atoms with van der Waals surface area (Å²) >= 11 is 1.62. The summed E-state index contributed by atoms with van der Waals surface area (Å²) in [5, 5.41) is 13.5. The maximum absolute atomic E-state index is 12.7. The summed E-state index contributed by atoms with van der Waals surface area (Å²) in [7, 11) is 0. The van der Waals surface area contributed by atoms with Crippen LogP contribution in [-0.2, 0) is 21.6 Å². The Hall–Kier alpha value is -4.42. The predicted molar refractivity (Wildman–Crippen MR) is 151 cm³/mol. The summed E-state index contributed by atoms with van der Waals surface area (Å²) in [6.07, 6.45) is 0.897. The lowest BCUT2D eigenvalue weighted by molar-refractivity contribution is -0.140. The van der Waals surface area contributed by atoms with E-state index in [9.17, 15) is 14.7 Å². The molecule has 1 heterocycles. The molecule has 188 valence electrons. The molecule has 1 saturated carbocycles. The Kier molecular flexibility index (Phi) is 6.18. The highest BCUT2D eigenvalue weighted by Crippen LogP contribution is 2.49. The number of carboxylic acids is 1. The summed E-state index contributed by atoms with van der Waals surface area (Å²) in [6.45, 7) is 0.200. The van der Waals surface area contributed by atoms with Crippen LogP contribution >= 0.6 is 11.3 Å². The van der Waals surface area contributed by atoms with Crippen LogP contribution in [0.2, 0.25) is 0 Å². The maximum Gasteiger partial charge on any atom is 0.412 e. The van der Waals surface area contributed by atoms with E-state index in [1.165, 1.54) is 0 Å². The van der Waals surface area contributed by atoms with Gasteiger partial charge in [-0.15, -0.1) is 11.3 Å². The Balaban J connectivity index is 1.24. The summed E-state index contributed by atoms with van der Waals surface area (Å²) < 4.78 is 6.57. The minimum absolute atomic E-state index is 0.200. The van der Waals surface area contributed by atoms with E-state index in [0.717, 1.165) is 48.5 Å². The van der Waals surface area contributed by atoms with Crippen LogP contribution in [0.25, 0.3) is 31.7 Å². The van der Waals surface area contributed by atoms with Crippen LogP contribution in [0.3, 0.4) is 0 Å². The molecule has 4 aromatic carbocycles. The SMILES string of the molecule is O=C(Nc1c(-c2ccc(-c3ccc(C4(C(=O)O)CC4)cc3)cc2)sc2ccccc12)OCc1ccccc1. The Morgan fingerprint density at radius 3 is 2.05 bits per heavy atom. The van der Waals surface area contributed by atoms with Gasteiger partial charge in [-0.25, -0.2) is 4.79 Å². The molecule has 1 aliphatic carbocycles. The fourth-order valence-electron chi connectivity index (χ4n) is 4.78. The standard InChI is InChI=1S/C32H25NO4S/c34-30(35)32(18-19-32)25-16-14-23(15-17-25)22-10-12-24(13-11-22)29-28(26-8-4-5-9-27(26)38-29)33-31(36)37-20-21-6-2-1-3-7-21/h1-17H,18-20H2,(H,33,36)(H,34,35). The molecule has 1 fully saturated rings. The molecule has 0 aliphatic heterocycles. The summed E-state index contributed by atoms with van der Waals surface area (Å²) in [5.41, 5.74) is 4.90. The predicted octanol–water partition coefficient (Wildman–Crippen LogP) is 8.10. The lowest BCUT2D eigenvalue weighted by Gasteiger charge is -2.12. The van der Waals surface area contributed by atoms with Gasteiger partial charge in [0.25, 0.3) is 0 Å². The normalized spacial score (nSPS) is 13.7. The van der Waals surface area contributed by atoms with Crippen molar-refractivity contribution in [2.75, 3.05) is 5.32 Å². The zero-order valence-electron chi connectivity index (χ0n) is 20.5. The maximum atomic E-state index is 12.7. The van der Waals surface area contributed by atoms with Crippen molar-refractivity contribution < 1.29 is 19.4 Å². The van der Waals surface area contributed by atoms with E-state index in [2.05, 4.69) is 17.4 Å². The number of fused-ring (bicyclic) bond motifs is 1. The molecule has 5 aromatic rings. The van der Waals surface area contributed by atoms with Crippen molar-refractivity contribution in [1.82, 2.24) is 0 Å². The zero-order valence-corrected chi connectivity index (χ0v) is 21.3. The first-order chi connectivity index (χ1) is 18.5. The van der Waals surface area contributed by atoms with Crippen LogP contribution in [-0.4, -0.2) is 17.2 Å². The highest BCUT2D eigenvalue weighted by molar-refractivity contribution is 7.23. The van der Waals surface area contributed by atoms with Gasteiger partial charge < -0.3 is 9.84 Å². The van der Waals surface area contributed by atoms with Crippen molar-refractivity contribution in [3.8, 4) is 21.6 Å². The third-order valence-electron chi connectivity index (χ3n) is 7.11. The molecular weight excluding hydrogens is 494 g/mol. The van der Waals surface area contributed by atoms with Crippen molar-refractivity contribution in [2.24, 2.45) is 0 Å². The van der Waals surface area contributed by atoms with Crippen LogP contribution in [0.5, 0.6) is 0 Å². The van der Waals surface area contributed by atoms with Crippen molar-refractivity contribution in [3.05, 3.63) is 114 Å². The number of benzene rings is 4. The highest BCUT2D eigenvalue weighted by Gasteiger charge is 2.51. The zero-order chi connectivity index (χ0) is 26.1. The summed E-state index contributed by atoms with van der Waals surface area (Å²) in [6, 6.07) is 33.6. The number of rotatable bonds is 7. The van der Waals surface area contributed by atoms with Gasteiger partial charge in [-0.3, -0.25) is 10.1 Å². The molecule has 5 nitrogen and oxygen atoms in total. The van der Waals surface area contributed by atoms with Crippen LogP contribution in [0.15, 0.2) is 103 Å². The van der Waals surface area contributed by atoms with E-state index in [4.69, 9.17) is 4.74 Å². The molecule has 6 heteroatoms. The minimum Gasteiger partial charge on any atom is -0.481 e. The quantitative estimate of drug-likeness (QED) is 0.228. The second kappa shape index (κ2) is 9.80. The topological polar surface area (TPSA) is 75.6 Å². The van der Waals surface area contributed by atoms with Gasteiger partial charge in [0.05, 0.1) is 16.0 Å². The van der Waals surface area contributed by atoms with Gasteiger partial charge in [-0.2, -0.15) is 0 Å². The van der Waals surface area contributed by atoms with Gasteiger partial charge >= 0.3 is 12.1 Å². The third-order valence-corrected chi connectivity index (χ3v) is 8.33. The van der Waals surface area contributed by atoms with Crippen molar-refractivity contribution >= 4 is 39.2 Å². The van der Waals surface area contributed by atoms with E-state index >= 15 is 0 Å². The number of hydrogen-bond donors (Lipinski definition) is 2. The van der Waals surface area contributed by atoms with E-state index in [1.807, 2.05) is 91.0 Å². The number of aliphatic carboxylic acids is 1. The Morgan fingerprint density at radius 2 is 1.39 bits per heavy atom. The molecule has 38 heavy (non-hydrogen) atoms. The molecule has 0 atom stereocenters. The molecule has 1 aliphatic rings. The second-order valence-electron chi connectivity index (χ2n) is 9.53. The van der Waals surface area contributed by atoms with Gasteiger partial charge in [-0.1, -0.05) is 97.1 Å². The minimum atomic E-state index is -0.744. The van der Waals surface area contributed by atoms with Gasteiger partial charge in [0.1, 0.15) is 6.61 Å². The number of hydrogen-bond acceptors (Lipinski definition) is 4. The number of nitrogens with one attached hydrogen (secondary N) is 1. The van der Waals surface area contributed by atoms with Crippen molar-refractivity contribution in [3.63, 3.8) is 0 Å². The van der Waals surface area contributed by atoms with Crippen LogP contribution in [0.4, 0.5) is 10.5 Å². The molecule has 0 radical (unpaired) electrons. The molecule has 2 N–H and O–H groups in total. The molecular formula is C32H25NO4S. The smallest absolute Gasteiger partial charge is 0.412 e. The first-order valence-corrected chi connectivity index (χ1v) is 13.3. The Morgan fingerprint density at radius 1 is 0.789 bits per heavy atom.